The van der Waals surface area contributed by atoms with Crippen molar-refractivity contribution in [3.05, 3.63) is 75.4 Å². The van der Waals surface area contributed by atoms with Gasteiger partial charge < -0.3 is 0 Å². The van der Waals surface area contributed by atoms with E-state index >= 15 is 0 Å². The lowest BCUT2D eigenvalue weighted by molar-refractivity contribution is -0.136. The zero-order valence-corrected chi connectivity index (χ0v) is 16.8. The predicted molar refractivity (Wildman–Crippen MR) is 107 cm³/mol. The van der Waals surface area contributed by atoms with Gasteiger partial charge >= 0.3 is 6.18 Å². The largest absolute Gasteiger partial charge is 0.417 e. The molecule has 0 saturated carbocycles. The quantitative estimate of drug-likeness (QED) is 0.324. The first-order valence-corrected chi connectivity index (χ1v) is 9.40. The van der Waals surface area contributed by atoms with Crippen LogP contribution in [0.3, 0.4) is 0 Å². The molecule has 0 bridgehead atoms. The van der Waals surface area contributed by atoms with Gasteiger partial charge in [0, 0.05) is 15.1 Å². The van der Waals surface area contributed by atoms with Gasteiger partial charge in [-0.2, -0.15) is 18.3 Å². The van der Waals surface area contributed by atoms with E-state index in [1.54, 1.807) is 55.5 Å². The third kappa shape index (κ3) is 3.40. The zero-order valence-electron chi connectivity index (χ0n) is 14.4. The summed E-state index contributed by atoms with van der Waals surface area (Å²) in [6.45, 7) is 1.54. The number of pyridine rings is 1. The van der Waals surface area contributed by atoms with Crippen molar-refractivity contribution < 1.29 is 13.2 Å². The van der Waals surface area contributed by atoms with Crippen LogP contribution >= 0.6 is 27.5 Å². The maximum atomic E-state index is 13.9. The van der Waals surface area contributed by atoms with Gasteiger partial charge in [0.15, 0.2) is 5.65 Å². The third-order valence-corrected chi connectivity index (χ3v) is 5.02. The molecular weight excluding hydrogens is 455 g/mol. The zero-order chi connectivity index (χ0) is 20.1. The monoisotopic (exact) mass is 465 g/mol. The molecule has 0 aliphatic carbocycles. The van der Waals surface area contributed by atoms with Crippen LogP contribution in [0.1, 0.15) is 11.3 Å². The van der Waals surface area contributed by atoms with E-state index in [0.717, 1.165) is 10.5 Å². The Kier molecular flexibility index (Phi) is 4.67. The van der Waals surface area contributed by atoms with E-state index in [0.29, 0.717) is 16.3 Å². The molecule has 4 aromatic rings. The third-order valence-electron chi connectivity index (χ3n) is 4.29. The molecule has 0 amide bonds. The lowest BCUT2D eigenvalue weighted by Gasteiger charge is -2.12. The molecule has 2 heterocycles. The van der Waals surface area contributed by atoms with Crippen molar-refractivity contribution >= 4 is 38.6 Å². The fourth-order valence-corrected chi connectivity index (χ4v) is 3.68. The summed E-state index contributed by atoms with van der Waals surface area (Å²) in [5, 5.41) is 4.75. The van der Waals surface area contributed by atoms with Crippen molar-refractivity contribution in [3.63, 3.8) is 0 Å². The van der Waals surface area contributed by atoms with Crippen molar-refractivity contribution in [2.45, 2.75) is 13.1 Å². The van der Waals surface area contributed by atoms with Crippen LogP contribution in [-0.2, 0) is 6.18 Å². The van der Waals surface area contributed by atoms with E-state index < -0.39 is 11.7 Å². The number of rotatable bonds is 2. The van der Waals surface area contributed by atoms with E-state index in [4.69, 9.17) is 11.6 Å². The van der Waals surface area contributed by atoms with Crippen molar-refractivity contribution in [1.29, 1.82) is 0 Å². The molecule has 0 fully saturated rings. The molecule has 2 aromatic carbocycles. The Morgan fingerprint density at radius 2 is 1.79 bits per heavy atom. The van der Waals surface area contributed by atoms with Gasteiger partial charge in [0.2, 0.25) is 0 Å². The first-order valence-electron chi connectivity index (χ1n) is 8.23. The van der Waals surface area contributed by atoms with Crippen LogP contribution in [0.4, 0.5) is 13.2 Å². The fraction of sp³-hybridized carbons (Fsp3) is 0.100. The predicted octanol–water partition coefficient (Wildman–Crippen LogP) is 6.83. The minimum Gasteiger partial charge on any atom is -0.228 e. The maximum Gasteiger partial charge on any atom is 0.417 e. The average Bonchev–Trinajstić information content (AvgIpc) is 2.97. The second-order valence-corrected chi connectivity index (χ2v) is 7.59. The highest BCUT2D eigenvalue weighted by Gasteiger charge is 2.35. The summed E-state index contributed by atoms with van der Waals surface area (Å²) in [6.07, 6.45) is -4.55. The summed E-state index contributed by atoms with van der Waals surface area (Å²) >= 11 is 9.40. The van der Waals surface area contributed by atoms with Gasteiger partial charge in [0.1, 0.15) is 0 Å². The molecule has 8 heteroatoms. The molecule has 0 spiro atoms. The molecule has 4 rings (SSSR count). The number of halogens is 5. The summed E-state index contributed by atoms with van der Waals surface area (Å²) in [4.78, 5) is 4.52. The van der Waals surface area contributed by atoms with E-state index in [1.807, 2.05) is 0 Å². The molecule has 0 unspecified atom stereocenters. The molecule has 0 aliphatic heterocycles. The topological polar surface area (TPSA) is 30.7 Å². The van der Waals surface area contributed by atoms with Gasteiger partial charge in [-0.05, 0) is 43.3 Å². The summed E-state index contributed by atoms with van der Waals surface area (Å²) < 4.78 is 43.7. The number of aryl methyl sites for hydroxylation is 1. The highest BCUT2D eigenvalue weighted by Crippen LogP contribution is 2.39. The standard InChI is InChI=1S/C20H12BrClF3N3/c1-11-18-16(20(23,24)25)10-17(12-4-2-5-13(21)8-12)26-19(18)28(27-11)15-7-3-6-14(22)9-15/h2-10H,1H3. The second-order valence-electron chi connectivity index (χ2n) is 6.24. The maximum absolute atomic E-state index is 13.9. The molecule has 0 radical (unpaired) electrons. The minimum absolute atomic E-state index is 0.0220. The number of benzene rings is 2. The van der Waals surface area contributed by atoms with Crippen molar-refractivity contribution in [2.75, 3.05) is 0 Å². The van der Waals surface area contributed by atoms with Crippen molar-refractivity contribution in [3.8, 4) is 16.9 Å². The van der Waals surface area contributed by atoms with Crippen molar-refractivity contribution in [2.24, 2.45) is 0 Å². The Morgan fingerprint density at radius 3 is 2.46 bits per heavy atom. The van der Waals surface area contributed by atoms with Crippen LogP contribution in [-0.4, -0.2) is 14.8 Å². The Morgan fingerprint density at radius 1 is 1.04 bits per heavy atom. The fourth-order valence-electron chi connectivity index (χ4n) is 3.10. The molecule has 2 aromatic heterocycles. The number of nitrogens with zero attached hydrogens (tertiary/aromatic N) is 3. The van der Waals surface area contributed by atoms with E-state index in [-0.39, 0.29) is 22.4 Å². The summed E-state index contributed by atoms with van der Waals surface area (Å²) in [7, 11) is 0. The summed E-state index contributed by atoms with van der Waals surface area (Å²) in [5.41, 5.74) is 0.929. The average molecular weight is 467 g/mol. The molecule has 0 atom stereocenters. The van der Waals surface area contributed by atoms with Crippen LogP contribution in [0.5, 0.6) is 0 Å². The molecule has 0 saturated heterocycles. The van der Waals surface area contributed by atoms with Crippen LogP contribution in [0.15, 0.2) is 59.1 Å². The van der Waals surface area contributed by atoms with Crippen LogP contribution in [0.2, 0.25) is 5.02 Å². The van der Waals surface area contributed by atoms with Crippen molar-refractivity contribution in [1.82, 2.24) is 14.8 Å². The van der Waals surface area contributed by atoms with Gasteiger partial charge in [-0.25, -0.2) is 9.67 Å². The normalized spacial score (nSPS) is 11.9. The highest BCUT2D eigenvalue weighted by molar-refractivity contribution is 9.10. The molecular formula is C20H12BrClF3N3. The number of hydrogen-bond acceptors (Lipinski definition) is 2. The second kappa shape index (κ2) is 6.90. The molecule has 28 heavy (non-hydrogen) atoms. The minimum atomic E-state index is -4.55. The molecule has 3 nitrogen and oxygen atoms in total. The first-order chi connectivity index (χ1) is 13.2. The van der Waals surface area contributed by atoms with Gasteiger partial charge in [0.25, 0.3) is 0 Å². The number of hydrogen-bond donors (Lipinski definition) is 0. The van der Waals surface area contributed by atoms with Crippen LogP contribution < -0.4 is 0 Å². The Hall–Kier alpha value is -2.38. The van der Waals surface area contributed by atoms with Gasteiger partial charge in [-0.3, -0.25) is 0 Å². The van der Waals surface area contributed by atoms with Gasteiger partial charge in [-0.15, -0.1) is 0 Å². The van der Waals surface area contributed by atoms with Crippen LogP contribution in [0.25, 0.3) is 28.0 Å². The number of aromatic nitrogens is 3. The number of fused-ring (bicyclic) bond motifs is 1. The van der Waals surface area contributed by atoms with E-state index in [2.05, 4.69) is 26.0 Å². The Labute approximate surface area is 171 Å². The molecule has 0 N–H and O–H groups in total. The summed E-state index contributed by atoms with van der Waals surface area (Å²) in [5.74, 6) is 0. The van der Waals surface area contributed by atoms with E-state index in [9.17, 15) is 13.2 Å². The Balaban J connectivity index is 2.08. The smallest absolute Gasteiger partial charge is 0.228 e. The van der Waals surface area contributed by atoms with E-state index in [1.165, 1.54) is 4.68 Å². The molecule has 142 valence electrons. The van der Waals surface area contributed by atoms with Crippen LogP contribution in [0, 0.1) is 6.92 Å². The van der Waals surface area contributed by atoms with Gasteiger partial charge in [0.05, 0.1) is 28.0 Å². The number of alkyl halides is 3. The Bertz CT molecular complexity index is 1200. The van der Waals surface area contributed by atoms with Gasteiger partial charge in [-0.1, -0.05) is 45.7 Å². The summed E-state index contributed by atoms with van der Waals surface area (Å²) in [6, 6.07) is 14.8. The first kappa shape index (κ1) is 19.0. The lowest BCUT2D eigenvalue weighted by atomic mass is 10.1. The highest BCUT2D eigenvalue weighted by atomic mass is 79.9. The lowest BCUT2D eigenvalue weighted by Crippen LogP contribution is -2.08. The molecule has 0 aliphatic rings. The SMILES string of the molecule is Cc1nn(-c2cccc(Cl)c2)c2nc(-c3cccc(Br)c3)cc(C(F)(F)F)c12.